The fourth-order valence-electron chi connectivity index (χ4n) is 2.30. The van der Waals surface area contributed by atoms with Crippen molar-refractivity contribution in [2.75, 3.05) is 19.4 Å². The Morgan fingerprint density at radius 2 is 2.19 bits per heavy atom. The lowest BCUT2D eigenvalue weighted by atomic mass is 10.2. The molecule has 1 N–H and O–H groups in total. The van der Waals surface area contributed by atoms with E-state index in [0.717, 1.165) is 28.8 Å². The molecule has 0 aromatic carbocycles. The van der Waals surface area contributed by atoms with E-state index in [4.69, 9.17) is 4.98 Å². The van der Waals surface area contributed by atoms with Crippen LogP contribution in [0.25, 0.3) is 16.6 Å². The van der Waals surface area contributed by atoms with Gasteiger partial charge in [0, 0.05) is 44.0 Å². The van der Waals surface area contributed by atoms with Gasteiger partial charge in [-0.3, -0.25) is 5.01 Å². The van der Waals surface area contributed by atoms with E-state index in [-0.39, 0.29) is 0 Å². The van der Waals surface area contributed by atoms with Gasteiger partial charge in [0.2, 0.25) is 0 Å². The molecular weight excluding hydrogens is 262 g/mol. The van der Waals surface area contributed by atoms with Crippen molar-refractivity contribution in [1.29, 1.82) is 0 Å². The minimum absolute atomic E-state index is 0.513. The first kappa shape index (κ1) is 13.8. The van der Waals surface area contributed by atoms with Crippen LogP contribution in [-0.2, 0) is 0 Å². The highest BCUT2D eigenvalue weighted by Gasteiger charge is 2.29. The Morgan fingerprint density at radius 3 is 2.90 bits per heavy atom. The highest BCUT2D eigenvalue weighted by Crippen LogP contribution is 2.34. The van der Waals surface area contributed by atoms with E-state index in [1.54, 1.807) is 0 Å². The minimum Gasteiger partial charge on any atom is -0.373 e. The third-order valence-electron chi connectivity index (χ3n) is 4.08. The first-order valence-electron chi connectivity index (χ1n) is 7.32. The van der Waals surface area contributed by atoms with Gasteiger partial charge < -0.3 is 5.32 Å². The molecule has 3 rings (SSSR count). The van der Waals surface area contributed by atoms with Crippen LogP contribution in [0.15, 0.2) is 30.6 Å². The third-order valence-corrected chi connectivity index (χ3v) is 4.08. The molecule has 1 unspecified atom stereocenters. The first-order valence-corrected chi connectivity index (χ1v) is 7.32. The van der Waals surface area contributed by atoms with E-state index in [0.29, 0.717) is 6.04 Å². The zero-order chi connectivity index (χ0) is 15.0. The molecule has 2 aromatic heterocycles. The summed E-state index contributed by atoms with van der Waals surface area (Å²) in [5.41, 5.74) is 3.14. The van der Waals surface area contributed by atoms with Crippen molar-refractivity contribution >= 4 is 22.4 Å². The Bertz CT molecular complexity index is 694. The topological polar surface area (TPSA) is 44.1 Å². The molecular formula is C16H21N5. The number of nitrogens with zero attached hydrogens (tertiary/aromatic N) is 4. The molecule has 0 spiro atoms. The number of fused-ring (bicyclic) bond motifs is 1. The third kappa shape index (κ3) is 2.56. The molecule has 2 aromatic rings. The fourth-order valence-corrected chi connectivity index (χ4v) is 2.30. The minimum atomic E-state index is 0.513. The van der Waals surface area contributed by atoms with Gasteiger partial charge in [-0.15, -0.1) is 0 Å². The SMILES string of the molecule is CCC(C)N(C)N1C=C1c1ccc2cnc(NC)cc2n1. The molecule has 1 aliphatic rings. The Balaban J connectivity index is 1.84. The number of nitrogens with one attached hydrogen (secondary N) is 1. The summed E-state index contributed by atoms with van der Waals surface area (Å²) in [6, 6.07) is 6.62. The molecule has 0 amide bonds. The summed E-state index contributed by atoms with van der Waals surface area (Å²) < 4.78 is 0. The predicted octanol–water partition coefficient (Wildman–Crippen LogP) is 2.93. The summed E-state index contributed by atoms with van der Waals surface area (Å²) in [6.07, 6.45) is 5.10. The van der Waals surface area contributed by atoms with E-state index in [1.807, 2.05) is 19.3 Å². The molecule has 0 saturated carbocycles. The van der Waals surface area contributed by atoms with Gasteiger partial charge in [-0.2, -0.15) is 0 Å². The molecule has 0 aliphatic carbocycles. The van der Waals surface area contributed by atoms with Crippen molar-refractivity contribution in [3.8, 4) is 0 Å². The molecule has 21 heavy (non-hydrogen) atoms. The highest BCUT2D eigenvalue weighted by molar-refractivity contribution is 5.83. The summed E-state index contributed by atoms with van der Waals surface area (Å²) in [6.45, 7) is 4.42. The quantitative estimate of drug-likeness (QED) is 0.914. The maximum atomic E-state index is 4.75. The summed E-state index contributed by atoms with van der Waals surface area (Å²) in [5.74, 6) is 0.838. The molecule has 5 nitrogen and oxygen atoms in total. The normalized spacial score (nSPS) is 15.3. The van der Waals surface area contributed by atoms with E-state index in [1.165, 1.54) is 5.70 Å². The lowest BCUT2D eigenvalue weighted by Gasteiger charge is -2.26. The molecule has 1 atom stereocenters. The Morgan fingerprint density at radius 1 is 1.38 bits per heavy atom. The van der Waals surface area contributed by atoms with Gasteiger partial charge in [-0.05, 0) is 25.5 Å². The van der Waals surface area contributed by atoms with Crippen LogP contribution in [0.4, 0.5) is 5.82 Å². The van der Waals surface area contributed by atoms with Gasteiger partial charge in [0.15, 0.2) is 0 Å². The van der Waals surface area contributed by atoms with E-state index >= 15 is 0 Å². The average molecular weight is 283 g/mol. The summed E-state index contributed by atoms with van der Waals surface area (Å²) in [4.78, 5) is 9.06. The number of hydrogen-bond acceptors (Lipinski definition) is 5. The molecule has 3 heterocycles. The Labute approximate surface area is 125 Å². The lowest BCUT2D eigenvalue weighted by molar-refractivity contribution is 0.0986. The molecule has 5 heteroatoms. The van der Waals surface area contributed by atoms with E-state index in [9.17, 15) is 0 Å². The zero-order valence-electron chi connectivity index (χ0n) is 13.0. The number of aromatic nitrogens is 2. The first-order chi connectivity index (χ1) is 10.1. The highest BCUT2D eigenvalue weighted by atomic mass is 15.7. The van der Waals surface area contributed by atoms with Crippen LogP contribution in [0.5, 0.6) is 0 Å². The molecule has 110 valence electrons. The van der Waals surface area contributed by atoms with Crippen molar-refractivity contribution in [3.63, 3.8) is 0 Å². The van der Waals surface area contributed by atoms with Gasteiger partial charge in [0.25, 0.3) is 0 Å². The number of pyridine rings is 2. The van der Waals surface area contributed by atoms with Gasteiger partial charge in [0.1, 0.15) is 11.5 Å². The fraction of sp³-hybridized carbons (Fsp3) is 0.375. The van der Waals surface area contributed by atoms with Crippen molar-refractivity contribution in [2.45, 2.75) is 26.3 Å². The summed E-state index contributed by atoms with van der Waals surface area (Å²) in [7, 11) is 3.98. The molecule has 0 saturated heterocycles. The van der Waals surface area contributed by atoms with Crippen molar-refractivity contribution in [2.24, 2.45) is 0 Å². The molecule has 0 fully saturated rings. The smallest absolute Gasteiger partial charge is 0.127 e. The second-order valence-electron chi connectivity index (χ2n) is 5.40. The second kappa shape index (κ2) is 5.33. The monoisotopic (exact) mass is 283 g/mol. The number of anilines is 1. The Hall–Kier alpha value is -2.14. The maximum Gasteiger partial charge on any atom is 0.127 e. The average Bonchev–Trinajstić information content (AvgIpc) is 3.32. The predicted molar refractivity (Wildman–Crippen MR) is 86.4 cm³/mol. The van der Waals surface area contributed by atoms with Crippen LogP contribution in [-0.4, -0.2) is 40.1 Å². The zero-order valence-corrected chi connectivity index (χ0v) is 13.0. The molecule has 1 aliphatic heterocycles. The van der Waals surface area contributed by atoms with Gasteiger partial charge in [-0.25, -0.2) is 15.0 Å². The van der Waals surface area contributed by atoms with Gasteiger partial charge in [0.05, 0.1) is 11.2 Å². The Kier molecular flexibility index (Phi) is 3.51. The maximum absolute atomic E-state index is 4.75. The van der Waals surface area contributed by atoms with Crippen LogP contribution >= 0.6 is 0 Å². The van der Waals surface area contributed by atoms with Crippen molar-refractivity contribution in [1.82, 2.24) is 20.0 Å². The number of hydrazine groups is 1. The second-order valence-corrected chi connectivity index (χ2v) is 5.40. The lowest BCUT2D eigenvalue weighted by Crippen LogP contribution is -2.34. The molecule has 0 radical (unpaired) electrons. The standard InChI is InChI=1S/C16H21N5/c1-5-11(2)20(4)21-10-15(21)13-7-6-12-9-18-16(17-3)8-14(12)19-13/h6-11H,5H2,1-4H3,(H,17,18). The summed E-state index contributed by atoms with van der Waals surface area (Å²) >= 11 is 0. The van der Waals surface area contributed by atoms with E-state index < -0.39 is 0 Å². The van der Waals surface area contributed by atoms with Crippen LogP contribution in [0, 0.1) is 0 Å². The van der Waals surface area contributed by atoms with Crippen molar-refractivity contribution in [3.05, 3.63) is 36.3 Å². The van der Waals surface area contributed by atoms with E-state index in [2.05, 4.69) is 59.5 Å². The van der Waals surface area contributed by atoms with Crippen LogP contribution < -0.4 is 5.32 Å². The number of rotatable bonds is 5. The van der Waals surface area contributed by atoms with Gasteiger partial charge in [-0.1, -0.05) is 6.92 Å². The van der Waals surface area contributed by atoms with Crippen LogP contribution in [0.2, 0.25) is 0 Å². The summed E-state index contributed by atoms with van der Waals surface area (Å²) in [5, 5.41) is 8.52. The number of hydrogen-bond donors (Lipinski definition) is 1. The van der Waals surface area contributed by atoms with Crippen molar-refractivity contribution < 1.29 is 0 Å². The van der Waals surface area contributed by atoms with Crippen LogP contribution in [0.3, 0.4) is 0 Å². The molecule has 0 bridgehead atoms. The largest absolute Gasteiger partial charge is 0.373 e. The van der Waals surface area contributed by atoms with Crippen LogP contribution in [0.1, 0.15) is 26.0 Å². The van der Waals surface area contributed by atoms with Gasteiger partial charge >= 0.3 is 0 Å².